The Morgan fingerprint density at radius 1 is 1.67 bits per heavy atom. The lowest BCUT2D eigenvalue weighted by Crippen LogP contribution is -2.34. The van der Waals surface area contributed by atoms with Gasteiger partial charge in [-0.05, 0) is 12.8 Å². The molecule has 1 fully saturated rings. The van der Waals surface area contributed by atoms with E-state index in [4.69, 9.17) is 5.73 Å². The van der Waals surface area contributed by atoms with Crippen molar-refractivity contribution in [2.75, 3.05) is 5.73 Å². The van der Waals surface area contributed by atoms with Crippen LogP contribution < -0.4 is 11.1 Å². The van der Waals surface area contributed by atoms with Crippen molar-refractivity contribution in [3.63, 3.8) is 0 Å². The van der Waals surface area contributed by atoms with Gasteiger partial charge >= 0.3 is 0 Å². The van der Waals surface area contributed by atoms with E-state index in [-0.39, 0.29) is 0 Å². The number of nitrogen functional groups attached to an aromatic ring is 1. The monoisotopic (exact) mass is 183 g/mol. The molecular weight excluding hydrogens is 170 g/mol. The lowest BCUT2D eigenvalue weighted by atomic mass is 9.93. The molecule has 0 atom stereocenters. The van der Waals surface area contributed by atoms with E-state index >= 15 is 0 Å². The van der Waals surface area contributed by atoms with Crippen molar-refractivity contribution >= 4 is 16.5 Å². The van der Waals surface area contributed by atoms with Crippen molar-refractivity contribution in [3.05, 3.63) is 11.1 Å². The van der Waals surface area contributed by atoms with E-state index in [1.807, 2.05) is 5.38 Å². The van der Waals surface area contributed by atoms with Crippen LogP contribution in [0.1, 0.15) is 25.0 Å². The quantitative estimate of drug-likeness (QED) is 0.744. The van der Waals surface area contributed by atoms with Crippen molar-refractivity contribution in [2.45, 2.75) is 31.8 Å². The number of hydrogen-bond acceptors (Lipinski definition) is 4. The Balaban J connectivity index is 1.79. The van der Waals surface area contributed by atoms with Gasteiger partial charge in [0.1, 0.15) is 0 Å². The van der Waals surface area contributed by atoms with Crippen LogP contribution in [0.5, 0.6) is 0 Å². The third-order valence-electron chi connectivity index (χ3n) is 2.25. The minimum absolute atomic E-state index is 0.667. The number of rotatable bonds is 3. The Kier molecular flexibility index (Phi) is 2.28. The fraction of sp³-hybridized carbons (Fsp3) is 0.625. The van der Waals surface area contributed by atoms with Gasteiger partial charge in [-0.25, -0.2) is 4.98 Å². The molecule has 2 rings (SSSR count). The molecule has 1 heterocycles. The van der Waals surface area contributed by atoms with E-state index in [0.717, 1.165) is 18.3 Å². The van der Waals surface area contributed by atoms with Crippen LogP contribution in [0.15, 0.2) is 5.38 Å². The van der Waals surface area contributed by atoms with Gasteiger partial charge in [0.25, 0.3) is 0 Å². The van der Waals surface area contributed by atoms with Gasteiger partial charge in [-0.15, -0.1) is 11.3 Å². The highest BCUT2D eigenvalue weighted by Gasteiger charge is 2.16. The summed E-state index contributed by atoms with van der Waals surface area (Å²) in [6, 6.07) is 0.730. The number of nitrogens with zero attached hydrogens (tertiary/aromatic N) is 1. The summed E-state index contributed by atoms with van der Waals surface area (Å²) >= 11 is 1.51. The van der Waals surface area contributed by atoms with Crippen LogP contribution in [-0.2, 0) is 6.54 Å². The molecule has 0 spiro atoms. The summed E-state index contributed by atoms with van der Waals surface area (Å²) in [5.74, 6) is 0. The van der Waals surface area contributed by atoms with Crippen LogP contribution >= 0.6 is 11.3 Å². The van der Waals surface area contributed by atoms with Gasteiger partial charge in [0.05, 0.1) is 5.69 Å². The summed E-state index contributed by atoms with van der Waals surface area (Å²) in [4.78, 5) is 4.17. The fourth-order valence-electron chi connectivity index (χ4n) is 1.27. The molecule has 1 aliphatic rings. The number of anilines is 1. The van der Waals surface area contributed by atoms with Crippen LogP contribution in [-0.4, -0.2) is 11.0 Å². The molecule has 1 saturated carbocycles. The molecule has 12 heavy (non-hydrogen) atoms. The molecule has 3 N–H and O–H groups in total. The number of aromatic nitrogens is 1. The molecule has 0 bridgehead atoms. The van der Waals surface area contributed by atoms with Crippen LogP contribution in [0.25, 0.3) is 0 Å². The van der Waals surface area contributed by atoms with Crippen molar-refractivity contribution < 1.29 is 0 Å². The van der Waals surface area contributed by atoms with Crippen LogP contribution in [0.3, 0.4) is 0 Å². The molecule has 4 heteroatoms. The first kappa shape index (κ1) is 8.01. The van der Waals surface area contributed by atoms with Gasteiger partial charge in [0.15, 0.2) is 5.13 Å². The number of hydrogen-bond donors (Lipinski definition) is 2. The molecule has 0 aromatic carbocycles. The lowest BCUT2D eigenvalue weighted by Gasteiger charge is -2.26. The lowest BCUT2D eigenvalue weighted by molar-refractivity contribution is 0.337. The summed E-state index contributed by atoms with van der Waals surface area (Å²) in [5.41, 5.74) is 6.58. The van der Waals surface area contributed by atoms with Crippen molar-refractivity contribution in [1.29, 1.82) is 0 Å². The highest BCUT2D eigenvalue weighted by atomic mass is 32.1. The Morgan fingerprint density at radius 2 is 2.50 bits per heavy atom. The van der Waals surface area contributed by atoms with Crippen LogP contribution in [0.4, 0.5) is 5.13 Å². The number of nitrogens with two attached hydrogens (primary N) is 1. The Morgan fingerprint density at radius 3 is 3.00 bits per heavy atom. The number of thiazole rings is 1. The zero-order chi connectivity index (χ0) is 8.39. The molecular formula is C8H13N3S. The van der Waals surface area contributed by atoms with Gasteiger partial charge in [0, 0.05) is 18.0 Å². The fourth-order valence-corrected chi connectivity index (χ4v) is 1.83. The van der Waals surface area contributed by atoms with Gasteiger partial charge in [-0.2, -0.15) is 0 Å². The largest absolute Gasteiger partial charge is 0.375 e. The smallest absolute Gasteiger partial charge is 0.180 e. The Bertz CT molecular complexity index is 255. The first-order valence-corrected chi connectivity index (χ1v) is 5.16. The predicted molar refractivity (Wildman–Crippen MR) is 51.0 cm³/mol. The van der Waals surface area contributed by atoms with E-state index < -0.39 is 0 Å². The summed E-state index contributed by atoms with van der Waals surface area (Å²) in [6.07, 6.45) is 4.01. The second-order valence-corrected chi connectivity index (χ2v) is 4.08. The molecule has 0 unspecified atom stereocenters. The zero-order valence-corrected chi connectivity index (χ0v) is 7.73. The zero-order valence-electron chi connectivity index (χ0n) is 6.92. The van der Waals surface area contributed by atoms with E-state index in [1.165, 1.54) is 30.6 Å². The van der Waals surface area contributed by atoms with Crippen molar-refractivity contribution in [2.24, 2.45) is 0 Å². The molecule has 66 valence electrons. The van der Waals surface area contributed by atoms with Crippen molar-refractivity contribution in [3.8, 4) is 0 Å². The molecule has 0 radical (unpaired) electrons. The summed E-state index contributed by atoms with van der Waals surface area (Å²) in [7, 11) is 0. The highest BCUT2D eigenvalue weighted by molar-refractivity contribution is 7.13. The Labute approximate surface area is 76.0 Å². The second-order valence-electron chi connectivity index (χ2n) is 3.19. The molecule has 1 aromatic rings. The molecule has 0 saturated heterocycles. The minimum Gasteiger partial charge on any atom is -0.375 e. The number of nitrogens with one attached hydrogen (secondary N) is 1. The van der Waals surface area contributed by atoms with Crippen LogP contribution in [0.2, 0.25) is 0 Å². The molecule has 0 aliphatic heterocycles. The van der Waals surface area contributed by atoms with Gasteiger partial charge < -0.3 is 11.1 Å². The molecule has 1 aromatic heterocycles. The maximum absolute atomic E-state index is 5.51. The van der Waals surface area contributed by atoms with E-state index in [9.17, 15) is 0 Å². The van der Waals surface area contributed by atoms with Gasteiger partial charge in [0.2, 0.25) is 0 Å². The maximum atomic E-state index is 5.51. The van der Waals surface area contributed by atoms with Gasteiger partial charge in [-0.3, -0.25) is 0 Å². The average Bonchev–Trinajstić information content (AvgIpc) is 2.32. The minimum atomic E-state index is 0.667. The topological polar surface area (TPSA) is 50.9 Å². The van der Waals surface area contributed by atoms with Crippen LogP contribution in [0, 0.1) is 0 Å². The average molecular weight is 183 g/mol. The predicted octanol–water partition coefficient (Wildman–Crippen LogP) is 1.37. The third kappa shape index (κ3) is 1.76. The standard InChI is InChI=1S/C8H13N3S/c9-8-11-7(5-12-8)4-10-6-2-1-3-6/h5-6,10H,1-4H2,(H2,9,11). The first-order valence-electron chi connectivity index (χ1n) is 4.28. The first-order chi connectivity index (χ1) is 5.84. The van der Waals surface area contributed by atoms with E-state index in [1.54, 1.807) is 0 Å². The SMILES string of the molecule is Nc1nc(CNC2CCC2)cs1. The molecule has 3 nitrogen and oxygen atoms in total. The summed E-state index contributed by atoms with van der Waals surface area (Å²) in [6.45, 7) is 0.873. The summed E-state index contributed by atoms with van der Waals surface area (Å²) in [5, 5.41) is 6.12. The van der Waals surface area contributed by atoms with E-state index in [2.05, 4.69) is 10.3 Å². The third-order valence-corrected chi connectivity index (χ3v) is 2.97. The van der Waals surface area contributed by atoms with Gasteiger partial charge in [-0.1, -0.05) is 6.42 Å². The van der Waals surface area contributed by atoms with Crippen molar-refractivity contribution in [1.82, 2.24) is 10.3 Å². The molecule has 0 amide bonds. The Hall–Kier alpha value is -0.610. The summed E-state index contributed by atoms with van der Waals surface area (Å²) < 4.78 is 0. The normalized spacial score (nSPS) is 17.7. The highest BCUT2D eigenvalue weighted by Crippen LogP contribution is 2.19. The molecule has 1 aliphatic carbocycles. The maximum Gasteiger partial charge on any atom is 0.180 e. The van der Waals surface area contributed by atoms with E-state index in [0.29, 0.717) is 5.13 Å². The second kappa shape index (κ2) is 3.41.